The Balaban J connectivity index is 0.00000288. The van der Waals surface area contributed by atoms with Crippen LogP contribution in [0.25, 0.3) is 0 Å². The molecule has 1 aromatic heterocycles. The van der Waals surface area contributed by atoms with Crippen LogP contribution in [0.3, 0.4) is 0 Å². The molecule has 5 nitrogen and oxygen atoms in total. The summed E-state index contributed by atoms with van der Waals surface area (Å²) in [6, 6.07) is 10.4. The SMILES string of the molecule is CN=C(NCCSc1ccccc1)NCCc1c(C)noc1C.I. The second kappa shape index (κ2) is 11.4. The van der Waals surface area contributed by atoms with Crippen LogP contribution in [-0.2, 0) is 6.42 Å². The molecule has 1 heterocycles. The van der Waals surface area contributed by atoms with Crippen LogP contribution in [0, 0.1) is 13.8 Å². The Kier molecular flexibility index (Phi) is 9.85. The van der Waals surface area contributed by atoms with E-state index < -0.39 is 0 Å². The van der Waals surface area contributed by atoms with E-state index in [4.69, 9.17) is 4.52 Å². The lowest BCUT2D eigenvalue weighted by molar-refractivity contribution is 0.392. The minimum Gasteiger partial charge on any atom is -0.361 e. The zero-order valence-corrected chi connectivity index (χ0v) is 17.5. The summed E-state index contributed by atoms with van der Waals surface area (Å²) < 4.78 is 5.17. The van der Waals surface area contributed by atoms with Crippen LogP contribution in [0.1, 0.15) is 17.0 Å². The Morgan fingerprint density at radius 2 is 1.88 bits per heavy atom. The van der Waals surface area contributed by atoms with Gasteiger partial charge < -0.3 is 15.2 Å². The van der Waals surface area contributed by atoms with Gasteiger partial charge in [0.1, 0.15) is 5.76 Å². The van der Waals surface area contributed by atoms with Gasteiger partial charge in [0.25, 0.3) is 0 Å². The summed E-state index contributed by atoms with van der Waals surface area (Å²) in [7, 11) is 1.79. The van der Waals surface area contributed by atoms with Gasteiger partial charge in [0.05, 0.1) is 5.69 Å². The number of aliphatic imine (C=N–C) groups is 1. The van der Waals surface area contributed by atoms with E-state index in [1.165, 1.54) is 10.5 Å². The minimum atomic E-state index is 0. The fraction of sp³-hybridized carbons (Fsp3) is 0.412. The molecule has 0 spiro atoms. The third kappa shape index (κ3) is 6.72. The number of benzene rings is 1. The molecule has 0 aliphatic carbocycles. The van der Waals surface area contributed by atoms with Crippen LogP contribution in [-0.4, -0.2) is 37.0 Å². The number of rotatable bonds is 7. The molecular formula is C17H25IN4OS. The molecule has 1 aromatic carbocycles. The van der Waals surface area contributed by atoms with E-state index in [1.54, 1.807) is 7.05 Å². The number of halogens is 1. The van der Waals surface area contributed by atoms with Gasteiger partial charge in [0.2, 0.25) is 0 Å². The van der Waals surface area contributed by atoms with Crippen molar-refractivity contribution in [3.8, 4) is 0 Å². The Labute approximate surface area is 165 Å². The van der Waals surface area contributed by atoms with Crippen LogP contribution in [0.5, 0.6) is 0 Å². The maximum Gasteiger partial charge on any atom is 0.191 e. The second-order valence-corrected chi connectivity index (χ2v) is 6.31. The highest BCUT2D eigenvalue weighted by atomic mass is 127. The first-order chi connectivity index (χ1) is 11.2. The van der Waals surface area contributed by atoms with E-state index in [2.05, 4.69) is 45.0 Å². The van der Waals surface area contributed by atoms with Gasteiger partial charge in [-0.2, -0.15) is 0 Å². The molecule has 2 N–H and O–H groups in total. The van der Waals surface area contributed by atoms with E-state index in [0.29, 0.717) is 0 Å². The summed E-state index contributed by atoms with van der Waals surface area (Å²) in [6.07, 6.45) is 0.876. The van der Waals surface area contributed by atoms with Crippen molar-refractivity contribution in [3.63, 3.8) is 0 Å². The Hall–Kier alpha value is -1.22. The van der Waals surface area contributed by atoms with Gasteiger partial charge in [-0.1, -0.05) is 23.4 Å². The van der Waals surface area contributed by atoms with E-state index in [0.717, 1.165) is 42.7 Å². The highest BCUT2D eigenvalue weighted by Crippen LogP contribution is 2.15. The second-order valence-electron chi connectivity index (χ2n) is 5.14. The Morgan fingerprint density at radius 3 is 2.50 bits per heavy atom. The molecule has 0 atom stereocenters. The molecule has 0 saturated carbocycles. The third-order valence-corrected chi connectivity index (χ3v) is 4.49. The van der Waals surface area contributed by atoms with Crippen molar-refractivity contribution in [2.75, 3.05) is 25.9 Å². The van der Waals surface area contributed by atoms with E-state index >= 15 is 0 Å². The molecule has 0 aliphatic rings. The number of nitrogens with zero attached hydrogens (tertiary/aromatic N) is 2. The molecule has 0 unspecified atom stereocenters. The van der Waals surface area contributed by atoms with Gasteiger partial charge in [-0.15, -0.1) is 35.7 Å². The van der Waals surface area contributed by atoms with E-state index in [1.807, 2.05) is 31.7 Å². The summed E-state index contributed by atoms with van der Waals surface area (Å²) in [5, 5.41) is 10.6. The highest BCUT2D eigenvalue weighted by Gasteiger charge is 2.08. The van der Waals surface area contributed by atoms with Crippen molar-refractivity contribution in [1.82, 2.24) is 15.8 Å². The van der Waals surface area contributed by atoms with Gasteiger partial charge in [0.15, 0.2) is 5.96 Å². The Bertz CT molecular complexity index is 611. The van der Waals surface area contributed by atoms with Crippen molar-refractivity contribution in [2.45, 2.75) is 25.2 Å². The molecule has 0 fully saturated rings. The first-order valence-electron chi connectivity index (χ1n) is 7.75. The van der Waals surface area contributed by atoms with Gasteiger partial charge in [-0.05, 0) is 32.4 Å². The molecule has 0 radical (unpaired) electrons. The van der Waals surface area contributed by atoms with Crippen LogP contribution in [0.4, 0.5) is 0 Å². The largest absolute Gasteiger partial charge is 0.361 e. The van der Waals surface area contributed by atoms with Gasteiger partial charge in [-0.3, -0.25) is 4.99 Å². The number of thioether (sulfide) groups is 1. The third-order valence-electron chi connectivity index (χ3n) is 3.48. The van der Waals surface area contributed by atoms with Gasteiger partial charge in [0, 0.05) is 36.3 Å². The maximum absolute atomic E-state index is 5.17. The van der Waals surface area contributed by atoms with Crippen molar-refractivity contribution < 1.29 is 4.52 Å². The predicted octanol–water partition coefficient (Wildman–Crippen LogP) is 3.41. The van der Waals surface area contributed by atoms with Crippen LogP contribution in [0.15, 0.2) is 44.7 Å². The molecule has 0 aliphatic heterocycles. The summed E-state index contributed by atoms with van der Waals surface area (Å²) >= 11 is 1.83. The Morgan fingerprint density at radius 1 is 1.17 bits per heavy atom. The molecule has 7 heteroatoms. The number of guanidine groups is 1. The topological polar surface area (TPSA) is 62.5 Å². The normalized spacial score (nSPS) is 11.0. The number of aryl methyl sites for hydroxylation is 2. The summed E-state index contributed by atoms with van der Waals surface area (Å²) in [4.78, 5) is 5.53. The molecule has 0 amide bonds. The van der Waals surface area contributed by atoms with E-state index in [-0.39, 0.29) is 24.0 Å². The quantitative estimate of drug-likeness (QED) is 0.218. The molecular weight excluding hydrogens is 435 g/mol. The van der Waals surface area contributed by atoms with E-state index in [9.17, 15) is 0 Å². The lowest BCUT2D eigenvalue weighted by Gasteiger charge is -2.11. The minimum absolute atomic E-state index is 0. The predicted molar refractivity (Wildman–Crippen MR) is 112 cm³/mol. The molecule has 24 heavy (non-hydrogen) atoms. The molecule has 2 rings (SSSR count). The standard InChI is InChI=1S/C17H24N4OS.HI/c1-13-16(14(2)22-21-13)9-10-19-17(18-3)20-11-12-23-15-7-5-4-6-8-15;/h4-8H,9-12H2,1-3H3,(H2,18,19,20);1H. The molecule has 0 bridgehead atoms. The van der Waals surface area contributed by atoms with Gasteiger partial charge >= 0.3 is 0 Å². The number of nitrogens with one attached hydrogen (secondary N) is 2. The van der Waals surface area contributed by atoms with Crippen LogP contribution < -0.4 is 10.6 Å². The highest BCUT2D eigenvalue weighted by molar-refractivity contribution is 14.0. The number of hydrogen-bond donors (Lipinski definition) is 2. The zero-order valence-electron chi connectivity index (χ0n) is 14.3. The van der Waals surface area contributed by atoms with Crippen LogP contribution in [0.2, 0.25) is 0 Å². The fourth-order valence-electron chi connectivity index (χ4n) is 2.24. The van der Waals surface area contributed by atoms with Crippen molar-refractivity contribution >= 4 is 41.7 Å². The lowest BCUT2D eigenvalue weighted by atomic mass is 10.1. The number of hydrogen-bond acceptors (Lipinski definition) is 4. The van der Waals surface area contributed by atoms with Crippen LogP contribution >= 0.6 is 35.7 Å². The molecule has 132 valence electrons. The summed E-state index contributed by atoms with van der Waals surface area (Å²) in [5.74, 6) is 2.71. The molecule has 0 saturated heterocycles. The number of aromatic nitrogens is 1. The van der Waals surface area contributed by atoms with Crippen molar-refractivity contribution in [2.24, 2.45) is 4.99 Å². The smallest absolute Gasteiger partial charge is 0.191 e. The first kappa shape index (κ1) is 20.8. The zero-order chi connectivity index (χ0) is 16.5. The first-order valence-corrected chi connectivity index (χ1v) is 8.73. The summed E-state index contributed by atoms with van der Waals surface area (Å²) in [5.41, 5.74) is 2.14. The fourth-order valence-corrected chi connectivity index (χ4v) is 3.03. The van der Waals surface area contributed by atoms with Crippen molar-refractivity contribution in [3.05, 3.63) is 47.3 Å². The molecule has 2 aromatic rings. The van der Waals surface area contributed by atoms with Gasteiger partial charge in [-0.25, -0.2) is 0 Å². The average Bonchev–Trinajstić information content (AvgIpc) is 2.89. The maximum atomic E-state index is 5.17. The van der Waals surface area contributed by atoms with Crippen molar-refractivity contribution in [1.29, 1.82) is 0 Å². The summed E-state index contributed by atoms with van der Waals surface area (Å²) in [6.45, 7) is 5.59. The lowest BCUT2D eigenvalue weighted by Crippen LogP contribution is -2.39. The average molecular weight is 460 g/mol. The monoisotopic (exact) mass is 460 g/mol.